The monoisotopic (exact) mass is 310 g/mol. The lowest BCUT2D eigenvalue weighted by atomic mass is 10.0. The SMILES string of the molecule is CN1C(=O)CCC(NCc2ccc(Br)cc2)C1=O. The highest BCUT2D eigenvalue weighted by atomic mass is 79.9. The number of hydrogen-bond donors (Lipinski definition) is 1. The van der Waals surface area contributed by atoms with E-state index in [4.69, 9.17) is 0 Å². The topological polar surface area (TPSA) is 49.4 Å². The first-order valence-electron chi connectivity index (χ1n) is 5.86. The van der Waals surface area contributed by atoms with Crippen LogP contribution in [-0.4, -0.2) is 29.8 Å². The molecule has 2 rings (SSSR count). The zero-order valence-electron chi connectivity index (χ0n) is 10.1. The molecule has 0 radical (unpaired) electrons. The van der Waals surface area contributed by atoms with Crippen molar-refractivity contribution in [3.05, 3.63) is 34.3 Å². The zero-order valence-corrected chi connectivity index (χ0v) is 11.7. The molecule has 1 atom stereocenters. The molecule has 1 N–H and O–H groups in total. The van der Waals surface area contributed by atoms with Crippen LogP contribution < -0.4 is 5.32 Å². The normalized spacial score (nSPS) is 20.3. The predicted molar refractivity (Wildman–Crippen MR) is 71.8 cm³/mol. The summed E-state index contributed by atoms with van der Waals surface area (Å²) in [6, 6.07) is 7.68. The van der Waals surface area contributed by atoms with Crippen LogP contribution in [0.3, 0.4) is 0 Å². The Bertz CT molecular complexity index is 459. The summed E-state index contributed by atoms with van der Waals surface area (Å²) in [5.74, 6) is -0.231. The van der Waals surface area contributed by atoms with Crippen LogP contribution in [-0.2, 0) is 16.1 Å². The number of likely N-dealkylation sites (N-methyl/N-ethyl adjacent to an activating group) is 1. The Hall–Kier alpha value is -1.20. The maximum absolute atomic E-state index is 11.8. The second kappa shape index (κ2) is 5.63. The lowest BCUT2D eigenvalue weighted by molar-refractivity contribution is -0.148. The van der Waals surface area contributed by atoms with Crippen LogP contribution in [0, 0.1) is 0 Å². The van der Waals surface area contributed by atoms with Gasteiger partial charge in [0.05, 0.1) is 6.04 Å². The number of benzene rings is 1. The quantitative estimate of drug-likeness (QED) is 0.864. The lowest BCUT2D eigenvalue weighted by Gasteiger charge is -2.28. The van der Waals surface area contributed by atoms with Crippen LogP contribution in [0.2, 0.25) is 0 Å². The molecular formula is C13H15BrN2O2. The van der Waals surface area contributed by atoms with Gasteiger partial charge in [0.25, 0.3) is 0 Å². The van der Waals surface area contributed by atoms with Gasteiger partial charge in [-0.05, 0) is 24.1 Å². The maximum atomic E-state index is 11.8. The van der Waals surface area contributed by atoms with Crippen LogP contribution in [0.1, 0.15) is 18.4 Å². The van der Waals surface area contributed by atoms with E-state index in [1.807, 2.05) is 24.3 Å². The molecule has 0 aromatic heterocycles. The van der Waals surface area contributed by atoms with Crippen LogP contribution in [0.25, 0.3) is 0 Å². The first kappa shape index (κ1) is 13.2. The molecule has 0 saturated carbocycles. The van der Waals surface area contributed by atoms with Gasteiger partial charge in [0.15, 0.2) is 0 Å². The van der Waals surface area contributed by atoms with Crippen LogP contribution in [0.5, 0.6) is 0 Å². The van der Waals surface area contributed by atoms with Crippen molar-refractivity contribution in [3.63, 3.8) is 0 Å². The van der Waals surface area contributed by atoms with Gasteiger partial charge in [0.2, 0.25) is 11.8 Å². The van der Waals surface area contributed by atoms with Gasteiger partial charge in [0, 0.05) is 24.5 Å². The number of nitrogens with zero attached hydrogens (tertiary/aromatic N) is 1. The van der Waals surface area contributed by atoms with E-state index in [9.17, 15) is 9.59 Å². The predicted octanol–water partition coefficient (Wildman–Crippen LogP) is 1.69. The van der Waals surface area contributed by atoms with Crippen LogP contribution in [0.4, 0.5) is 0 Å². The molecule has 0 aliphatic carbocycles. The summed E-state index contributed by atoms with van der Waals surface area (Å²) in [4.78, 5) is 24.4. The van der Waals surface area contributed by atoms with E-state index in [-0.39, 0.29) is 17.9 Å². The van der Waals surface area contributed by atoms with Gasteiger partial charge in [-0.2, -0.15) is 0 Å². The Balaban J connectivity index is 1.92. The standard InChI is InChI=1S/C13H15BrN2O2/c1-16-12(17)7-6-11(13(16)18)15-8-9-2-4-10(14)5-3-9/h2-5,11,15H,6-8H2,1H3. The van der Waals surface area contributed by atoms with Gasteiger partial charge in [-0.15, -0.1) is 0 Å². The van der Waals surface area contributed by atoms with E-state index in [2.05, 4.69) is 21.2 Å². The second-order valence-electron chi connectivity index (χ2n) is 4.39. The number of carbonyl (C=O) groups is 2. The van der Waals surface area contributed by atoms with Crippen molar-refractivity contribution in [2.24, 2.45) is 0 Å². The molecule has 2 amide bonds. The highest BCUT2D eigenvalue weighted by Crippen LogP contribution is 2.13. The molecule has 4 nitrogen and oxygen atoms in total. The van der Waals surface area contributed by atoms with E-state index in [0.29, 0.717) is 19.4 Å². The van der Waals surface area contributed by atoms with Crippen molar-refractivity contribution in [2.75, 3.05) is 7.05 Å². The third-order valence-electron chi connectivity index (χ3n) is 3.12. The van der Waals surface area contributed by atoms with Crippen LogP contribution >= 0.6 is 15.9 Å². The molecule has 1 aromatic rings. The summed E-state index contributed by atoms with van der Waals surface area (Å²) < 4.78 is 1.03. The maximum Gasteiger partial charge on any atom is 0.246 e. The first-order chi connectivity index (χ1) is 8.58. The minimum absolute atomic E-state index is 0.0957. The number of likely N-dealkylation sites (tertiary alicyclic amines) is 1. The number of carbonyl (C=O) groups excluding carboxylic acids is 2. The minimum Gasteiger partial charge on any atom is -0.302 e. The molecule has 0 spiro atoms. The van der Waals surface area contributed by atoms with E-state index >= 15 is 0 Å². The zero-order chi connectivity index (χ0) is 13.1. The van der Waals surface area contributed by atoms with Crippen molar-refractivity contribution in [1.29, 1.82) is 0 Å². The number of nitrogens with one attached hydrogen (secondary N) is 1. The highest BCUT2D eigenvalue weighted by Gasteiger charge is 2.31. The number of halogens is 1. The molecule has 1 unspecified atom stereocenters. The third kappa shape index (κ3) is 2.97. The van der Waals surface area contributed by atoms with Crippen molar-refractivity contribution in [3.8, 4) is 0 Å². The molecule has 1 saturated heterocycles. The summed E-state index contributed by atoms with van der Waals surface area (Å²) in [7, 11) is 1.54. The van der Waals surface area contributed by atoms with Gasteiger partial charge < -0.3 is 5.32 Å². The highest BCUT2D eigenvalue weighted by molar-refractivity contribution is 9.10. The Labute approximate surface area is 114 Å². The molecule has 1 aliphatic rings. The van der Waals surface area contributed by atoms with Crippen molar-refractivity contribution in [2.45, 2.75) is 25.4 Å². The molecule has 18 heavy (non-hydrogen) atoms. The fourth-order valence-electron chi connectivity index (χ4n) is 1.95. The fourth-order valence-corrected chi connectivity index (χ4v) is 2.21. The molecule has 1 aromatic carbocycles. The van der Waals surface area contributed by atoms with Gasteiger partial charge in [0.1, 0.15) is 0 Å². The Morgan fingerprint density at radius 2 is 2.00 bits per heavy atom. The van der Waals surface area contributed by atoms with Crippen LogP contribution in [0.15, 0.2) is 28.7 Å². The molecule has 0 bridgehead atoms. The summed E-state index contributed by atoms with van der Waals surface area (Å²) in [5.41, 5.74) is 1.12. The molecule has 5 heteroatoms. The molecule has 1 aliphatic heterocycles. The third-order valence-corrected chi connectivity index (χ3v) is 3.64. The number of rotatable bonds is 3. The summed E-state index contributed by atoms with van der Waals surface area (Å²) in [6.45, 7) is 0.631. The number of piperidine rings is 1. The summed E-state index contributed by atoms with van der Waals surface area (Å²) in [6.07, 6.45) is 1.01. The lowest BCUT2D eigenvalue weighted by Crippen LogP contribution is -2.51. The molecular weight excluding hydrogens is 296 g/mol. The minimum atomic E-state index is -0.253. The van der Waals surface area contributed by atoms with Gasteiger partial charge >= 0.3 is 0 Å². The van der Waals surface area contributed by atoms with Crippen molar-refractivity contribution in [1.82, 2.24) is 10.2 Å². The van der Waals surface area contributed by atoms with E-state index < -0.39 is 0 Å². The average Bonchev–Trinajstić information content (AvgIpc) is 2.37. The molecule has 96 valence electrons. The molecule has 1 heterocycles. The second-order valence-corrected chi connectivity index (χ2v) is 5.31. The molecule has 1 fully saturated rings. The van der Waals surface area contributed by atoms with Crippen molar-refractivity contribution >= 4 is 27.7 Å². The summed E-state index contributed by atoms with van der Waals surface area (Å²) in [5, 5.41) is 3.20. The number of amides is 2. The average molecular weight is 311 g/mol. The van der Waals surface area contributed by atoms with Gasteiger partial charge in [-0.3, -0.25) is 14.5 Å². The fraction of sp³-hybridized carbons (Fsp3) is 0.385. The van der Waals surface area contributed by atoms with Gasteiger partial charge in [-0.25, -0.2) is 0 Å². The summed E-state index contributed by atoms with van der Waals surface area (Å²) >= 11 is 3.38. The largest absolute Gasteiger partial charge is 0.302 e. The number of hydrogen-bond acceptors (Lipinski definition) is 3. The Morgan fingerprint density at radius 1 is 1.33 bits per heavy atom. The Kier molecular flexibility index (Phi) is 4.14. The van der Waals surface area contributed by atoms with E-state index in [1.54, 1.807) is 0 Å². The smallest absolute Gasteiger partial charge is 0.246 e. The number of imide groups is 1. The van der Waals surface area contributed by atoms with E-state index in [0.717, 1.165) is 10.0 Å². The van der Waals surface area contributed by atoms with Crippen molar-refractivity contribution < 1.29 is 9.59 Å². The van der Waals surface area contributed by atoms with E-state index in [1.165, 1.54) is 11.9 Å². The van der Waals surface area contributed by atoms with Gasteiger partial charge in [-0.1, -0.05) is 28.1 Å². The first-order valence-corrected chi connectivity index (χ1v) is 6.65. The Morgan fingerprint density at radius 3 is 2.67 bits per heavy atom.